The van der Waals surface area contributed by atoms with Crippen molar-refractivity contribution >= 4 is 28.6 Å². The van der Waals surface area contributed by atoms with Gasteiger partial charge in [0.2, 0.25) is 5.91 Å². The Bertz CT molecular complexity index is 706. The molecular formula is C15H14N2O4. The summed E-state index contributed by atoms with van der Waals surface area (Å²) in [4.78, 5) is 34.1. The first-order valence-electron chi connectivity index (χ1n) is 6.29. The van der Waals surface area contributed by atoms with E-state index >= 15 is 0 Å². The Kier molecular flexibility index (Phi) is 4.18. The van der Waals surface area contributed by atoms with Crippen molar-refractivity contribution in [3.8, 4) is 0 Å². The van der Waals surface area contributed by atoms with Crippen LogP contribution in [-0.4, -0.2) is 28.9 Å². The minimum Gasteiger partial charge on any atom is -0.480 e. The number of amides is 2. The summed E-state index contributed by atoms with van der Waals surface area (Å²) < 4.78 is 0. The monoisotopic (exact) mass is 286 g/mol. The van der Waals surface area contributed by atoms with E-state index in [1.54, 1.807) is 24.3 Å². The summed E-state index contributed by atoms with van der Waals surface area (Å²) in [5.74, 6) is -2.65. The fraction of sp³-hybridized carbons (Fsp3) is 0.133. The number of nitrogens with one attached hydrogen (secondary N) is 1. The SMILES string of the molecule is NC(=O)C[C@H](NC(=O)c1cccc2ccccc12)C(=O)O. The topological polar surface area (TPSA) is 109 Å². The summed E-state index contributed by atoms with van der Waals surface area (Å²) in [6, 6.07) is 11.1. The van der Waals surface area contributed by atoms with E-state index < -0.39 is 30.2 Å². The molecule has 0 bridgehead atoms. The third-order valence-corrected chi connectivity index (χ3v) is 3.04. The molecule has 0 aromatic heterocycles. The molecule has 2 amide bonds. The number of hydrogen-bond donors (Lipinski definition) is 3. The molecule has 0 unspecified atom stereocenters. The van der Waals surface area contributed by atoms with Crippen molar-refractivity contribution in [3.05, 3.63) is 48.0 Å². The van der Waals surface area contributed by atoms with Gasteiger partial charge in [-0.15, -0.1) is 0 Å². The van der Waals surface area contributed by atoms with E-state index in [0.717, 1.165) is 5.39 Å². The molecule has 2 aromatic carbocycles. The van der Waals surface area contributed by atoms with Crippen LogP contribution in [0.3, 0.4) is 0 Å². The van der Waals surface area contributed by atoms with Crippen LogP contribution in [0.5, 0.6) is 0 Å². The van der Waals surface area contributed by atoms with Crippen LogP contribution in [0.4, 0.5) is 0 Å². The second-order valence-electron chi connectivity index (χ2n) is 4.56. The van der Waals surface area contributed by atoms with Gasteiger partial charge in [-0.3, -0.25) is 9.59 Å². The normalized spacial score (nSPS) is 11.8. The van der Waals surface area contributed by atoms with Crippen LogP contribution >= 0.6 is 0 Å². The lowest BCUT2D eigenvalue weighted by atomic mass is 10.0. The van der Waals surface area contributed by atoms with Gasteiger partial charge < -0.3 is 16.2 Å². The molecule has 0 aliphatic rings. The maximum Gasteiger partial charge on any atom is 0.326 e. The molecule has 0 saturated heterocycles. The average molecular weight is 286 g/mol. The molecule has 6 nitrogen and oxygen atoms in total. The lowest BCUT2D eigenvalue weighted by Crippen LogP contribution is -2.43. The quantitative estimate of drug-likeness (QED) is 0.758. The van der Waals surface area contributed by atoms with E-state index in [0.29, 0.717) is 10.9 Å². The fourth-order valence-corrected chi connectivity index (χ4v) is 2.06. The van der Waals surface area contributed by atoms with E-state index in [-0.39, 0.29) is 0 Å². The molecule has 0 spiro atoms. The van der Waals surface area contributed by atoms with E-state index in [1.165, 1.54) is 0 Å². The molecule has 4 N–H and O–H groups in total. The number of carbonyl (C=O) groups is 3. The second-order valence-corrected chi connectivity index (χ2v) is 4.56. The Morgan fingerprint density at radius 1 is 1.10 bits per heavy atom. The first kappa shape index (κ1) is 14.5. The summed E-state index contributed by atoms with van der Waals surface area (Å²) in [5.41, 5.74) is 5.33. The van der Waals surface area contributed by atoms with E-state index in [2.05, 4.69) is 5.32 Å². The molecule has 0 heterocycles. The van der Waals surface area contributed by atoms with E-state index in [1.807, 2.05) is 18.2 Å². The van der Waals surface area contributed by atoms with Gasteiger partial charge in [-0.25, -0.2) is 4.79 Å². The first-order valence-corrected chi connectivity index (χ1v) is 6.29. The zero-order valence-corrected chi connectivity index (χ0v) is 11.1. The molecule has 0 saturated carbocycles. The van der Waals surface area contributed by atoms with Gasteiger partial charge in [-0.2, -0.15) is 0 Å². The van der Waals surface area contributed by atoms with Gasteiger partial charge in [0.1, 0.15) is 6.04 Å². The van der Waals surface area contributed by atoms with Crippen molar-refractivity contribution in [3.63, 3.8) is 0 Å². The number of carboxylic acid groups (broad SMARTS) is 1. The molecule has 0 radical (unpaired) electrons. The summed E-state index contributed by atoms with van der Waals surface area (Å²) in [5, 5.41) is 12.9. The molecule has 2 rings (SSSR count). The van der Waals surface area contributed by atoms with Crippen molar-refractivity contribution in [2.24, 2.45) is 5.73 Å². The van der Waals surface area contributed by atoms with Gasteiger partial charge in [-0.05, 0) is 16.8 Å². The van der Waals surface area contributed by atoms with Crippen molar-refractivity contribution < 1.29 is 19.5 Å². The third-order valence-electron chi connectivity index (χ3n) is 3.04. The summed E-state index contributed by atoms with van der Waals surface area (Å²) in [6.07, 6.45) is -0.453. The van der Waals surface area contributed by atoms with Gasteiger partial charge in [0.15, 0.2) is 0 Å². The number of aliphatic carboxylic acids is 1. The van der Waals surface area contributed by atoms with Crippen LogP contribution in [0.25, 0.3) is 10.8 Å². The van der Waals surface area contributed by atoms with Crippen molar-refractivity contribution in [2.75, 3.05) is 0 Å². The molecule has 21 heavy (non-hydrogen) atoms. The Labute approximate surface area is 120 Å². The van der Waals surface area contributed by atoms with Crippen LogP contribution in [0.2, 0.25) is 0 Å². The lowest BCUT2D eigenvalue weighted by Gasteiger charge is -2.14. The summed E-state index contributed by atoms with van der Waals surface area (Å²) in [7, 11) is 0. The summed E-state index contributed by atoms with van der Waals surface area (Å²) in [6.45, 7) is 0. The van der Waals surface area contributed by atoms with Gasteiger partial charge in [0.05, 0.1) is 6.42 Å². The van der Waals surface area contributed by atoms with Gasteiger partial charge >= 0.3 is 5.97 Å². The van der Waals surface area contributed by atoms with Crippen LogP contribution in [0.15, 0.2) is 42.5 Å². The van der Waals surface area contributed by atoms with Gasteiger partial charge in [-0.1, -0.05) is 36.4 Å². The first-order chi connectivity index (χ1) is 9.99. The maximum atomic E-state index is 12.2. The average Bonchev–Trinajstić information content (AvgIpc) is 2.45. The molecule has 1 atom stereocenters. The Morgan fingerprint density at radius 2 is 1.76 bits per heavy atom. The van der Waals surface area contributed by atoms with Crippen molar-refractivity contribution in [2.45, 2.75) is 12.5 Å². The van der Waals surface area contributed by atoms with Gasteiger partial charge in [0.25, 0.3) is 5.91 Å². The number of carboxylic acids is 1. The maximum absolute atomic E-state index is 12.2. The molecule has 2 aromatic rings. The largest absolute Gasteiger partial charge is 0.480 e. The predicted octanol–water partition coefficient (Wildman–Crippen LogP) is 0.898. The zero-order chi connectivity index (χ0) is 15.4. The highest BCUT2D eigenvalue weighted by Crippen LogP contribution is 2.18. The van der Waals surface area contributed by atoms with Crippen LogP contribution in [-0.2, 0) is 9.59 Å². The molecule has 108 valence electrons. The Balaban J connectivity index is 2.29. The standard InChI is InChI=1S/C15H14N2O4/c16-13(18)8-12(15(20)21)17-14(19)11-7-3-5-9-4-1-2-6-10(9)11/h1-7,12H,8H2,(H2,16,18)(H,17,19)(H,20,21)/t12-/m0/s1. The number of fused-ring (bicyclic) bond motifs is 1. The number of carbonyl (C=O) groups excluding carboxylic acids is 2. The molecule has 0 fully saturated rings. The Morgan fingerprint density at radius 3 is 2.43 bits per heavy atom. The number of hydrogen-bond acceptors (Lipinski definition) is 3. The van der Waals surface area contributed by atoms with Crippen molar-refractivity contribution in [1.82, 2.24) is 5.32 Å². The highest BCUT2D eigenvalue weighted by Gasteiger charge is 2.23. The fourth-order valence-electron chi connectivity index (χ4n) is 2.06. The lowest BCUT2D eigenvalue weighted by molar-refractivity contribution is -0.140. The molecule has 0 aliphatic heterocycles. The highest BCUT2D eigenvalue weighted by atomic mass is 16.4. The van der Waals surface area contributed by atoms with Crippen LogP contribution < -0.4 is 11.1 Å². The van der Waals surface area contributed by atoms with Crippen LogP contribution in [0, 0.1) is 0 Å². The van der Waals surface area contributed by atoms with Crippen LogP contribution in [0.1, 0.15) is 16.8 Å². The summed E-state index contributed by atoms with van der Waals surface area (Å²) >= 11 is 0. The highest BCUT2D eigenvalue weighted by molar-refractivity contribution is 6.08. The molecule has 0 aliphatic carbocycles. The predicted molar refractivity (Wildman–Crippen MR) is 76.6 cm³/mol. The molecular weight excluding hydrogens is 272 g/mol. The van der Waals surface area contributed by atoms with Crippen molar-refractivity contribution in [1.29, 1.82) is 0 Å². The number of primary amides is 1. The minimum atomic E-state index is -1.34. The smallest absolute Gasteiger partial charge is 0.326 e. The van der Waals surface area contributed by atoms with E-state index in [9.17, 15) is 14.4 Å². The van der Waals surface area contributed by atoms with E-state index in [4.69, 9.17) is 10.8 Å². The number of rotatable bonds is 5. The minimum absolute atomic E-state index is 0.351. The molecule has 6 heteroatoms. The number of benzene rings is 2. The van der Waals surface area contributed by atoms with Gasteiger partial charge in [0, 0.05) is 5.56 Å². The third kappa shape index (κ3) is 3.36. The zero-order valence-electron chi connectivity index (χ0n) is 11.1. The Hall–Kier alpha value is -2.89. The second kappa shape index (κ2) is 6.04. The number of nitrogens with two attached hydrogens (primary N) is 1.